The van der Waals surface area contributed by atoms with Gasteiger partial charge in [0.15, 0.2) is 11.6 Å². The van der Waals surface area contributed by atoms with Gasteiger partial charge in [-0.2, -0.15) is 13.2 Å². The molecule has 0 unspecified atom stereocenters. The maximum atomic E-state index is 13.6. The van der Waals surface area contributed by atoms with Crippen molar-refractivity contribution in [3.63, 3.8) is 0 Å². The van der Waals surface area contributed by atoms with Gasteiger partial charge in [-0.1, -0.05) is 37.9 Å². The first-order chi connectivity index (χ1) is 9.81. The molecule has 7 heteroatoms. The number of hydrogen-bond donors (Lipinski definition) is 0. The van der Waals surface area contributed by atoms with Gasteiger partial charge in [0, 0.05) is 9.80 Å². The van der Waals surface area contributed by atoms with Crippen LogP contribution in [0.2, 0.25) is 0 Å². The Labute approximate surface area is 135 Å². The third-order valence-corrected chi connectivity index (χ3v) is 3.75. The van der Waals surface area contributed by atoms with Crippen molar-refractivity contribution in [3.8, 4) is 11.5 Å². The third kappa shape index (κ3) is 3.97. The second-order valence-corrected chi connectivity index (χ2v) is 5.60. The molecule has 0 atom stereocenters. The Morgan fingerprint density at radius 1 is 1.05 bits per heavy atom. The van der Waals surface area contributed by atoms with Crippen molar-refractivity contribution in [2.24, 2.45) is 0 Å². The summed E-state index contributed by atoms with van der Waals surface area (Å²) in [6, 6.07) is 7.57. The molecule has 0 amide bonds. The standard InChI is InChI=1S/C14H8Br2F4O/c15-7-8-1-3-10(6-11(8)14(18,19)20)21-13-4-2-9(16)5-12(13)17/h1-6H,7H2. The van der Waals surface area contributed by atoms with Crippen molar-refractivity contribution >= 4 is 31.9 Å². The first kappa shape index (κ1) is 16.3. The van der Waals surface area contributed by atoms with E-state index >= 15 is 0 Å². The smallest absolute Gasteiger partial charge is 0.416 e. The molecule has 0 aliphatic carbocycles. The van der Waals surface area contributed by atoms with Gasteiger partial charge in [0.1, 0.15) is 5.75 Å². The van der Waals surface area contributed by atoms with E-state index in [-0.39, 0.29) is 22.4 Å². The van der Waals surface area contributed by atoms with E-state index in [9.17, 15) is 17.6 Å². The van der Waals surface area contributed by atoms with Crippen LogP contribution in [0.15, 0.2) is 40.9 Å². The summed E-state index contributed by atoms with van der Waals surface area (Å²) in [5.41, 5.74) is -0.722. The van der Waals surface area contributed by atoms with Crippen LogP contribution in [0.4, 0.5) is 17.6 Å². The number of benzene rings is 2. The molecule has 0 saturated carbocycles. The highest BCUT2D eigenvalue weighted by atomic mass is 79.9. The number of ether oxygens (including phenoxy) is 1. The van der Waals surface area contributed by atoms with Crippen LogP contribution in [0.5, 0.6) is 11.5 Å². The van der Waals surface area contributed by atoms with Gasteiger partial charge in [0.25, 0.3) is 0 Å². The van der Waals surface area contributed by atoms with Crippen LogP contribution < -0.4 is 4.74 Å². The maximum Gasteiger partial charge on any atom is 0.416 e. The van der Waals surface area contributed by atoms with Crippen molar-refractivity contribution in [2.45, 2.75) is 11.5 Å². The fourth-order valence-electron chi connectivity index (χ4n) is 1.68. The van der Waals surface area contributed by atoms with Crippen LogP contribution in [0, 0.1) is 5.82 Å². The predicted octanol–water partition coefficient (Wildman–Crippen LogP) is 6.29. The lowest BCUT2D eigenvalue weighted by atomic mass is 10.1. The highest BCUT2D eigenvalue weighted by molar-refractivity contribution is 9.10. The minimum absolute atomic E-state index is 0.0643. The lowest BCUT2D eigenvalue weighted by molar-refractivity contribution is -0.138. The first-order valence-corrected chi connectivity index (χ1v) is 7.61. The monoisotopic (exact) mass is 426 g/mol. The quantitative estimate of drug-likeness (QED) is 0.413. The zero-order chi connectivity index (χ0) is 15.6. The lowest BCUT2D eigenvalue weighted by Gasteiger charge is -2.14. The number of alkyl halides is 4. The third-order valence-electron chi connectivity index (χ3n) is 2.65. The van der Waals surface area contributed by atoms with Crippen LogP contribution >= 0.6 is 31.9 Å². The number of halogens is 6. The summed E-state index contributed by atoms with van der Waals surface area (Å²) in [5.74, 6) is -0.881. The molecule has 1 nitrogen and oxygen atoms in total. The number of rotatable bonds is 3. The maximum absolute atomic E-state index is 13.6. The molecular formula is C14H8Br2F4O. The highest BCUT2D eigenvalue weighted by Crippen LogP contribution is 2.36. The Balaban J connectivity index is 2.37. The molecule has 0 radical (unpaired) electrons. The second-order valence-electron chi connectivity index (χ2n) is 4.13. The van der Waals surface area contributed by atoms with Crippen LogP contribution in [-0.4, -0.2) is 0 Å². The lowest BCUT2D eigenvalue weighted by Crippen LogP contribution is -2.08. The van der Waals surface area contributed by atoms with E-state index in [4.69, 9.17) is 4.74 Å². The molecule has 0 bridgehead atoms. The average molecular weight is 428 g/mol. The fourth-order valence-corrected chi connectivity index (χ4v) is 2.51. The Kier molecular flexibility index (Phi) is 4.93. The molecule has 0 fully saturated rings. The zero-order valence-corrected chi connectivity index (χ0v) is 13.5. The van der Waals surface area contributed by atoms with Crippen molar-refractivity contribution in [1.29, 1.82) is 0 Å². The minimum atomic E-state index is -4.50. The largest absolute Gasteiger partial charge is 0.454 e. The molecule has 2 aromatic rings. The summed E-state index contributed by atoms with van der Waals surface area (Å²) >= 11 is 6.09. The van der Waals surface area contributed by atoms with Gasteiger partial charge in [0.2, 0.25) is 0 Å². The molecule has 0 N–H and O–H groups in total. The molecule has 21 heavy (non-hydrogen) atoms. The van der Waals surface area contributed by atoms with Gasteiger partial charge in [-0.05, 0) is 35.9 Å². The predicted molar refractivity (Wildman–Crippen MR) is 78.2 cm³/mol. The average Bonchev–Trinajstić information content (AvgIpc) is 2.41. The van der Waals surface area contributed by atoms with Gasteiger partial charge in [-0.3, -0.25) is 0 Å². The van der Waals surface area contributed by atoms with Crippen LogP contribution in [0.25, 0.3) is 0 Å². The van der Waals surface area contributed by atoms with Gasteiger partial charge in [-0.15, -0.1) is 0 Å². The van der Waals surface area contributed by atoms with E-state index in [1.165, 1.54) is 30.3 Å². The molecule has 0 aromatic heterocycles. The highest BCUT2D eigenvalue weighted by Gasteiger charge is 2.33. The van der Waals surface area contributed by atoms with Crippen molar-refractivity contribution < 1.29 is 22.3 Å². The van der Waals surface area contributed by atoms with E-state index < -0.39 is 17.6 Å². The second kappa shape index (κ2) is 6.36. The Morgan fingerprint density at radius 2 is 1.76 bits per heavy atom. The van der Waals surface area contributed by atoms with Crippen LogP contribution in [0.1, 0.15) is 11.1 Å². The van der Waals surface area contributed by atoms with Crippen LogP contribution in [0.3, 0.4) is 0 Å². The van der Waals surface area contributed by atoms with E-state index in [2.05, 4.69) is 31.9 Å². The van der Waals surface area contributed by atoms with Crippen molar-refractivity contribution in [1.82, 2.24) is 0 Å². The van der Waals surface area contributed by atoms with Gasteiger partial charge in [-0.25, -0.2) is 4.39 Å². The van der Waals surface area contributed by atoms with E-state index in [0.717, 1.165) is 6.07 Å². The first-order valence-electron chi connectivity index (χ1n) is 5.70. The molecule has 0 aliphatic heterocycles. The minimum Gasteiger partial charge on any atom is -0.454 e. The fraction of sp³-hybridized carbons (Fsp3) is 0.143. The summed E-state index contributed by atoms with van der Waals surface area (Å²) in [6.07, 6.45) is -4.50. The number of hydrogen-bond acceptors (Lipinski definition) is 1. The van der Waals surface area contributed by atoms with Crippen molar-refractivity contribution in [3.05, 3.63) is 57.8 Å². The van der Waals surface area contributed by atoms with E-state index in [1.54, 1.807) is 0 Å². The summed E-state index contributed by atoms with van der Waals surface area (Å²) < 4.78 is 58.1. The summed E-state index contributed by atoms with van der Waals surface area (Å²) in [4.78, 5) is 0. The SMILES string of the molecule is Fc1cc(Br)ccc1Oc1ccc(CBr)c(C(F)(F)F)c1. The molecule has 0 aliphatic rings. The van der Waals surface area contributed by atoms with Crippen LogP contribution in [-0.2, 0) is 11.5 Å². The van der Waals surface area contributed by atoms with Gasteiger partial charge >= 0.3 is 6.18 Å². The Hall–Kier alpha value is -1.08. The normalized spacial score (nSPS) is 11.5. The molecule has 2 rings (SSSR count). The van der Waals surface area contributed by atoms with Gasteiger partial charge in [0.05, 0.1) is 5.56 Å². The van der Waals surface area contributed by atoms with Crippen molar-refractivity contribution in [2.75, 3.05) is 0 Å². The Morgan fingerprint density at radius 3 is 2.33 bits per heavy atom. The molecule has 0 heterocycles. The summed E-state index contributed by atoms with van der Waals surface area (Å²) in [7, 11) is 0. The van der Waals surface area contributed by atoms with E-state index in [0.29, 0.717) is 4.47 Å². The zero-order valence-electron chi connectivity index (χ0n) is 10.3. The summed E-state index contributed by atoms with van der Waals surface area (Å²) in [5, 5.41) is 0.0643. The molecule has 112 valence electrons. The molecule has 0 spiro atoms. The van der Waals surface area contributed by atoms with E-state index in [1.807, 2.05) is 0 Å². The van der Waals surface area contributed by atoms with Gasteiger partial charge < -0.3 is 4.74 Å². The Bertz CT molecular complexity index is 656. The topological polar surface area (TPSA) is 9.23 Å². The molecular weight excluding hydrogens is 420 g/mol. The molecule has 2 aromatic carbocycles. The summed E-state index contributed by atoms with van der Waals surface area (Å²) in [6.45, 7) is 0. The molecule has 0 saturated heterocycles.